The molecule has 0 aliphatic heterocycles. The van der Waals surface area contributed by atoms with Crippen LogP contribution in [0.2, 0.25) is 0 Å². The summed E-state index contributed by atoms with van der Waals surface area (Å²) in [6, 6.07) is 5.72. The first-order valence-electron chi connectivity index (χ1n) is 5.61. The molecule has 1 atom stereocenters. The van der Waals surface area contributed by atoms with Gasteiger partial charge in [0, 0.05) is 6.04 Å². The second-order valence-electron chi connectivity index (χ2n) is 4.56. The Bertz CT molecular complexity index is 566. The van der Waals surface area contributed by atoms with Gasteiger partial charge in [-0.25, -0.2) is 4.79 Å². The lowest BCUT2D eigenvalue weighted by Gasteiger charge is -2.10. The van der Waals surface area contributed by atoms with Crippen LogP contribution in [0.5, 0.6) is 0 Å². The first-order chi connectivity index (χ1) is 7.72. The highest BCUT2D eigenvalue weighted by atomic mass is 16.4. The zero-order valence-electron chi connectivity index (χ0n) is 8.90. The van der Waals surface area contributed by atoms with Gasteiger partial charge in [0.2, 0.25) is 0 Å². The fraction of sp³-hybridized carbons (Fsp3) is 0.417. The van der Waals surface area contributed by atoms with Crippen molar-refractivity contribution in [2.45, 2.75) is 25.3 Å². The van der Waals surface area contributed by atoms with Gasteiger partial charge in [-0.2, -0.15) is 0 Å². The molecule has 1 aliphatic carbocycles. The zero-order valence-corrected chi connectivity index (χ0v) is 8.90. The molecule has 2 aromatic rings. The van der Waals surface area contributed by atoms with Gasteiger partial charge in [-0.1, -0.05) is 18.9 Å². The highest BCUT2D eigenvalue weighted by Crippen LogP contribution is 2.36. The minimum Gasteiger partial charge on any atom is -0.408 e. The predicted molar refractivity (Wildman–Crippen MR) is 61.1 cm³/mol. The van der Waals surface area contributed by atoms with E-state index in [0.29, 0.717) is 5.58 Å². The van der Waals surface area contributed by atoms with Gasteiger partial charge < -0.3 is 10.2 Å². The van der Waals surface area contributed by atoms with E-state index in [2.05, 4.69) is 4.98 Å². The lowest BCUT2D eigenvalue weighted by molar-refractivity contribution is 0.552. The summed E-state index contributed by atoms with van der Waals surface area (Å²) in [6.45, 7) is 0. The van der Waals surface area contributed by atoms with Crippen molar-refractivity contribution in [3.8, 4) is 0 Å². The highest BCUT2D eigenvalue weighted by molar-refractivity contribution is 5.72. The molecule has 1 aliphatic rings. The van der Waals surface area contributed by atoms with Crippen molar-refractivity contribution < 1.29 is 4.42 Å². The first-order valence-corrected chi connectivity index (χ1v) is 5.61. The van der Waals surface area contributed by atoms with Gasteiger partial charge in [0.05, 0.1) is 5.52 Å². The van der Waals surface area contributed by atoms with E-state index in [1.54, 1.807) is 0 Å². The van der Waals surface area contributed by atoms with E-state index in [1.807, 2.05) is 18.2 Å². The average molecular weight is 218 g/mol. The van der Waals surface area contributed by atoms with Gasteiger partial charge in [-0.15, -0.1) is 0 Å². The van der Waals surface area contributed by atoms with Crippen molar-refractivity contribution in [2.75, 3.05) is 0 Å². The Morgan fingerprint density at radius 1 is 1.50 bits per heavy atom. The number of nitrogens with one attached hydrogen (secondary N) is 1. The molecule has 4 heteroatoms. The van der Waals surface area contributed by atoms with Crippen molar-refractivity contribution in [3.63, 3.8) is 0 Å². The van der Waals surface area contributed by atoms with Crippen LogP contribution in [0.15, 0.2) is 27.4 Å². The number of H-pyrrole nitrogens is 1. The maximum atomic E-state index is 11.0. The van der Waals surface area contributed by atoms with Crippen LogP contribution < -0.4 is 11.5 Å². The monoisotopic (exact) mass is 218 g/mol. The molecule has 0 saturated heterocycles. The molecule has 1 fully saturated rings. The Morgan fingerprint density at radius 2 is 2.31 bits per heavy atom. The molecule has 1 aromatic carbocycles. The third kappa shape index (κ3) is 1.76. The summed E-state index contributed by atoms with van der Waals surface area (Å²) >= 11 is 0. The Labute approximate surface area is 92.4 Å². The molecular weight excluding hydrogens is 204 g/mol. The maximum absolute atomic E-state index is 11.0. The SMILES string of the molecule is NC(CC1CC1)c1ccc2[nH]c(=O)oc2c1. The van der Waals surface area contributed by atoms with Gasteiger partial charge >= 0.3 is 5.76 Å². The van der Waals surface area contributed by atoms with Crippen molar-refractivity contribution >= 4 is 11.1 Å². The standard InChI is InChI=1S/C12H14N2O2/c13-9(5-7-1-2-7)8-3-4-10-11(6-8)16-12(15)14-10/h3-4,6-7,9H,1-2,5,13H2,(H,14,15). The van der Waals surface area contributed by atoms with Crippen molar-refractivity contribution in [3.05, 3.63) is 34.3 Å². The number of nitrogens with two attached hydrogens (primary N) is 1. The normalized spacial score (nSPS) is 17.8. The summed E-state index contributed by atoms with van der Waals surface area (Å²) in [5, 5.41) is 0. The second kappa shape index (κ2) is 3.49. The van der Waals surface area contributed by atoms with Gasteiger partial charge in [0.25, 0.3) is 0 Å². The molecule has 0 radical (unpaired) electrons. The summed E-state index contributed by atoms with van der Waals surface area (Å²) in [5.74, 6) is 0.381. The number of hydrogen-bond acceptors (Lipinski definition) is 3. The molecule has 1 saturated carbocycles. The Kier molecular flexibility index (Phi) is 2.11. The number of rotatable bonds is 3. The number of hydrogen-bond donors (Lipinski definition) is 2. The molecule has 0 bridgehead atoms. The molecule has 3 N–H and O–H groups in total. The van der Waals surface area contributed by atoms with Crippen LogP contribution in [-0.4, -0.2) is 4.98 Å². The first kappa shape index (κ1) is 9.66. The summed E-state index contributed by atoms with van der Waals surface area (Å²) < 4.78 is 5.01. The van der Waals surface area contributed by atoms with Crippen LogP contribution in [0.3, 0.4) is 0 Å². The van der Waals surface area contributed by atoms with E-state index in [1.165, 1.54) is 12.8 Å². The van der Waals surface area contributed by atoms with E-state index in [9.17, 15) is 4.79 Å². The summed E-state index contributed by atoms with van der Waals surface area (Å²) in [4.78, 5) is 13.6. The second-order valence-corrected chi connectivity index (χ2v) is 4.56. The van der Waals surface area contributed by atoms with Crippen LogP contribution in [0, 0.1) is 5.92 Å². The minimum atomic E-state index is -0.414. The van der Waals surface area contributed by atoms with E-state index in [0.717, 1.165) is 23.4 Å². The lowest BCUT2D eigenvalue weighted by atomic mass is 10.0. The maximum Gasteiger partial charge on any atom is 0.417 e. The molecule has 1 aromatic heterocycles. The average Bonchev–Trinajstić information content (AvgIpc) is 2.96. The quantitative estimate of drug-likeness (QED) is 0.826. The molecule has 1 unspecified atom stereocenters. The molecule has 0 spiro atoms. The topological polar surface area (TPSA) is 72.0 Å². The van der Waals surface area contributed by atoms with Gasteiger partial charge in [0.1, 0.15) is 0 Å². The van der Waals surface area contributed by atoms with Crippen molar-refractivity contribution in [2.24, 2.45) is 11.7 Å². The summed E-state index contributed by atoms with van der Waals surface area (Å²) in [6.07, 6.45) is 3.63. The van der Waals surface area contributed by atoms with Crippen molar-refractivity contribution in [1.29, 1.82) is 0 Å². The highest BCUT2D eigenvalue weighted by Gasteiger charge is 2.24. The minimum absolute atomic E-state index is 0.0529. The zero-order chi connectivity index (χ0) is 11.1. The molecule has 16 heavy (non-hydrogen) atoms. The molecular formula is C12H14N2O2. The summed E-state index contributed by atoms with van der Waals surface area (Å²) in [7, 11) is 0. The predicted octanol–water partition coefficient (Wildman–Crippen LogP) is 1.92. The third-order valence-corrected chi connectivity index (χ3v) is 3.16. The molecule has 1 heterocycles. The molecule has 84 valence electrons. The Balaban J connectivity index is 1.93. The van der Waals surface area contributed by atoms with Crippen LogP contribution in [0.25, 0.3) is 11.1 Å². The van der Waals surface area contributed by atoms with E-state index < -0.39 is 5.76 Å². The lowest BCUT2D eigenvalue weighted by Crippen LogP contribution is -2.10. The van der Waals surface area contributed by atoms with E-state index in [-0.39, 0.29) is 6.04 Å². The van der Waals surface area contributed by atoms with E-state index >= 15 is 0 Å². The van der Waals surface area contributed by atoms with Gasteiger partial charge in [-0.3, -0.25) is 4.98 Å². The third-order valence-electron chi connectivity index (χ3n) is 3.16. The Morgan fingerprint density at radius 3 is 3.06 bits per heavy atom. The molecule has 0 amide bonds. The number of benzene rings is 1. The summed E-state index contributed by atoms with van der Waals surface area (Å²) in [5.41, 5.74) is 8.47. The smallest absolute Gasteiger partial charge is 0.408 e. The Hall–Kier alpha value is -1.55. The van der Waals surface area contributed by atoms with Crippen LogP contribution >= 0.6 is 0 Å². The van der Waals surface area contributed by atoms with Gasteiger partial charge in [-0.05, 0) is 30.0 Å². The van der Waals surface area contributed by atoms with Gasteiger partial charge in [0.15, 0.2) is 5.58 Å². The fourth-order valence-corrected chi connectivity index (χ4v) is 2.04. The van der Waals surface area contributed by atoms with E-state index in [4.69, 9.17) is 10.2 Å². The number of aromatic amines is 1. The number of oxazole rings is 1. The largest absolute Gasteiger partial charge is 0.417 e. The molecule has 3 rings (SSSR count). The van der Waals surface area contributed by atoms with Crippen molar-refractivity contribution in [1.82, 2.24) is 4.98 Å². The fourth-order valence-electron chi connectivity index (χ4n) is 2.04. The number of aromatic nitrogens is 1. The molecule has 4 nitrogen and oxygen atoms in total. The van der Waals surface area contributed by atoms with Crippen LogP contribution in [-0.2, 0) is 0 Å². The number of fused-ring (bicyclic) bond motifs is 1. The van der Waals surface area contributed by atoms with Crippen LogP contribution in [0.4, 0.5) is 0 Å². The van der Waals surface area contributed by atoms with Crippen LogP contribution in [0.1, 0.15) is 30.9 Å².